The molecule has 6 aliphatic carbocycles. The molecular weight excluding hydrogens is 737 g/mol. The van der Waals surface area contributed by atoms with E-state index in [1.165, 1.54) is 89.5 Å². The number of fused-ring (bicyclic) bond motifs is 10. The summed E-state index contributed by atoms with van der Waals surface area (Å²) >= 11 is 0. The van der Waals surface area contributed by atoms with E-state index in [0.717, 1.165) is 32.1 Å². The van der Waals surface area contributed by atoms with Crippen LogP contribution in [0.15, 0.2) is 163 Å². The third-order valence-electron chi connectivity index (χ3n) is 16.1. The molecule has 302 valence electrons. The molecular formula is C59H56N2. The van der Waals surface area contributed by atoms with Crippen LogP contribution in [0.1, 0.15) is 124 Å². The molecule has 2 nitrogen and oxygen atoms in total. The molecule has 6 aromatic rings. The van der Waals surface area contributed by atoms with E-state index in [-0.39, 0.29) is 16.2 Å². The summed E-state index contributed by atoms with van der Waals surface area (Å²) in [5.74, 6) is 1.43. The molecule has 0 amide bonds. The highest BCUT2D eigenvalue weighted by Crippen LogP contribution is 2.59. The monoisotopic (exact) mass is 792 g/mol. The Morgan fingerprint density at radius 1 is 0.656 bits per heavy atom. The summed E-state index contributed by atoms with van der Waals surface area (Å²) in [6.45, 7) is 14.7. The van der Waals surface area contributed by atoms with Gasteiger partial charge in [0.05, 0.1) is 11.2 Å². The Morgan fingerprint density at radius 2 is 1.36 bits per heavy atom. The zero-order valence-electron chi connectivity index (χ0n) is 36.6. The maximum atomic E-state index is 2.68. The molecule has 5 aromatic carbocycles. The lowest BCUT2D eigenvalue weighted by atomic mass is 9.72. The molecule has 3 atom stereocenters. The average molecular weight is 793 g/mol. The Morgan fingerprint density at radius 3 is 2.13 bits per heavy atom. The van der Waals surface area contributed by atoms with E-state index in [9.17, 15) is 0 Å². The van der Waals surface area contributed by atoms with Gasteiger partial charge in [-0.05, 0) is 136 Å². The third-order valence-corrected chi connectivity index (χ3v) is 16.1. The number of anilines is 2. The molecule has 0 spiro atoms. The van der Waals surface area contributed by atoms with Crippen LogP contribution >= 0.6 is 0 Å². The minimum absolute atomic E-state index is 0.0317. The molecule has 0 saturated heterocycles. The van der Waals surface area contributed by atoms with Crippen LogP contribution in [-0.2, 0) is 16.2 Å². The van der Waals surface area contributed by atoms with E-state index in [1.807, 2.05) is 0 Å². The summed E-state index contributed by atoms with van der Waals surface area (Å²) < 4.78 is 2.68. The van der Waals surface area contributed by atoms with Gasteiger partial charge in [-0.15, -0.1) is 0 Å². The van der Waals surface area contributed by atoms with Crippen molar-refractivity contribution in [2.45, 2.75) is 102 Å². The standard InChI is InChI=1S/C59H56N2/c1-57(2)49-21-13-10-18-43(49)45-31-28-41(35-52(45)57)60(39-26-24-38(25-27-39)37-16-8-7-9-17-37)40-30-33-54-48(34-40)55-56(47-20-12-15-23-51(47)59(55,5)6)61(54)42-29-32-46-44-19-11-14-22-50(44)58(3,4)53(46)36-42/h7-16,18-27,30,33-37,45,52H,17,28-29,31-32H2,1-6H3. The molecule has 0 aliphatic heterocycles. The fourth-order valence-corrected chi connectivity index (χ4v) is 13.0. The molecule has 6 aliphatic rings. The number of hydrogen-bond donors (Lipinski definition) is 0. The lowest BCUT2D eigenvalue weighted by Gasteiger charge is -2.37. The minimum Gasteiger partial charge on any atom is -0.315 e. The first-order valence-electron chi connectivity index (χ1n) is 22.9. The first-order valence-corrected chi connectivity index (χ1v) is 22.9. The van der Waals surface area contributed by atoms with Crippen molar-refractivity contribution in [3.63, 3.8) is 0 Å². The second kappa shape index (κ2) is 13.1. The van der Waals surface area contributed by atoms with Crippen LogP contribution in [0, 0.1) is 5.92 Å². The molecule has 1 heterocycles. The molecule has 0 bridgehead atoms. The van der Waals surface area contributed by atoms with Crippen LogP contribution in [0.2, 0.25) is 0 Å². The van der Waals surface area contributed by atoms with Crippen molar-refractivity contribution < 1.29 is 0 Å². The third kappa shape index (κ3) is 5.21. The molecule has 3 unspecified atom stereocenters. The molecule has 61 heavy (non-hydrogen) atoms. The highest BCUT2D eigenvalue weighted by Gasteiger charge is 2.47. The number of allylic oxidation sites excluding steroid dienone is 10. The molecule has 0 N–H and O–H groups in total. The van der Waals surface area contributed by atoms with Gasteiger partial charge in [-0.25, -0.2) is 0 Å². The summed E-state index contributed by atoms with van der Waals surface area (Å²) in [7, 11) is 0. The summed E-state index contributed by atoms with van der Waals surface area (Å²) in [6.07, 6.45) is 19.6. The quantitative estimate of drug-likeness (QED) is 0.169. The fraction of sp³-hybridized carbons (Fsp3) is 0.288. The van der Waals surface area contributed by atoms with Crippen LogP contribution in [0.5, 0.6) is 0 Å². The zero-order chi connectivity index (χ0) is 41.4. The first-order chi connectivity index (χ1) is 29.5. The van der Waals surface area contributed by atoms with Crippen LogP contribution in [0.25, 0.3) is 33.4 Å². The van der Waals surface area contributed by atoms with Gasteiger partial charge in [-0.2, -0.15) is 0 Å². The second-order valence-corrected chi connectivity index (χ2v) is 20.3. The molecule has 12 rings (SSSR count). The van der Waals surface area contributed by atoms with Crippen molar-refractivity contribution in [1.82, 2.24) is 4.57 Å². The Hall–Kier alpha value is -5.86. The largest absolute Gasteiger partial charge is 0.315 e. The topological polar surface area (TPSA) is 8.17 Å². The zero-order valence-corrected chi connectivity index (χ0v) is 36.6. The summed E-state index contributed by atoms with van der Waals surface area (Å²) in [5, 5.41) is 1.37. The second-order valence-electron chi connectivity index (χ2n) is 20.3. The van der Waals surface area contributed by atoms with Crippen LogP contribution in [0.3, 0.4) is 0 Å². The lowest BCUT2D eigenvalue weighted by Crippen LogP contribution is -2.30. The predicted octanol–water partition coefficient (Wildman–Crippen LogP) is 15.4. The number of rotatable bonds is 5. The van der Waals surface area contributed by atoms with E-state index < -0.39 is 0 Å². The van der Waals surface area contributed by atoms with E-state index in [1.54, 1.807) is 5.56 Å². The number of nitrogens with zero attached hydrogens (tertiary/aromatic N) is 2. The van der Waals surface area contributed by atoms with E-state index >= 15 is 0 Å². The van der Waals surface area contributed by atoms with Gasteiger partial charge in [0.1, 0.15) is 0 Å². The van der Waals surface area contributed by atoms with Gasteiger partial charge in [-0.3, -0.25) is 0 Å². The molecule has 2 heteroatoms. The highest BCUT2D eigenvalue weighted by molar-refractivity contribution is 6.03. The Labute approximate surface area is 362 Å². The van der Waals surface area contributed by atoms with Gasteiger partial charge in [0.25, 0.3) is 0 Å². The van der Waals surface area contributed by atoms with Gasteiger partial charge in [0.15, 0.2) is 0 Å². The molecule has 0 fully saturated rings. The maximum absolute atomic E-state index is 2.68. The summed E-state index contributed by atoms with van der Waals surface area (Å²) in [4.78, 5) is 2.63. The Balaban J connectivity index is 1.05. The van der Waals surface area contributed by atoms with Crippen molar-refractivity contribution in [3.05, 3.63) is 202 Å². The van der Waals surface area contributed by atoms with E-state index in [0.29, 0.717) is 17.8 Å². The smallest absolute Gasteiger partial charge is 0.0581 e. The summed E-state index contributed by atoms with van der Waals surface area (Å²) in [6, 6.07) is 44.6. The Kier molecular flexibility index (Phi) is 7.92. The predicted molar refractivity (Wildman–Crippen MR) is 257 cm³/mol. The van der Waals surface area contributed by atoms with Crippen LogP contribution in [0.4, 0.5) is 11.4 Å². The number of aromatic nitrogens is 1. The van der Waals surface area contributed by atoms with Gasteiger partial charge in [-0.1, -0.05) is 157 Å². The van der Waals surface area contributed by atoms with Crippen LogP contribution < -0.4 is 4.90 Å². The Bertz CT molecular complexity index is 2990. The van der Waals surface area contributed by atoms with Gasteiger partial charge in [0, 0.05) is 50.5 Å². The van der Waals surface area contributed by atoms with Crippen LogP contribution in [-0.4, -0.2) is 4.57 Å². The van der Waals surface area contributed by atoms with Gasteiger partial charge >= 0.3 is 0 Å². The highest BCUT2D eigenvalue weighted by atomic mass is 15.2. The molecule has 0 saturated carbocycles. The van der Waals surface area contributed by atoms with Gasteiger partial charge < -0.3 is 9.47 Å². The first kappa shape index (κ1) is 36.9. The minimum atomic E-state index is -0.151. The van der Waals surface area contributed by atoms with Crippen molar-refractivity contribution in [1.29, 1.82) is 0 Å². The van der Waals surface area contributed by atoms with Crippen molar-refractivity contribution in [2.75, 3.05) is 4.90 Å². The SMILES string of the molecule is CC1(C)C2=C(CCC(n3c4c(c5cc(N(C6=CC7C(CC6)c6ccccc6C7(C)C)c6ccc(C7C=CC=CC7)cc6)ccc53)C(C)(C)c3ccccc3-4)=C2)c2ccccc21. The molecule has 0 radical (unpaired) electrons. The number of hydrogen-bond acceptors (Lipinski definition) is 1. The normalized spacial score (nSPS) is 23.1. The van der Waals surface area contributed by atoms with E-state index in [4.69, 9.17) is 0 Å². The van der Waals surface area contributed by atoms with Crippen molar-refractivity contribution in [2.24, 2.45) is 5.92 Å². The maximum Gasteiger partial charge on any atom is 0.0581 e. The lowest BCUT2D eigenvalue weighted by molar-refractivity contribution is 0.341. The average Bonchev–Trinajstić information content (AvgIpc) is 3.91. The number of benzene rings is 5. The fourth-order valence-electron chi connectivity index (χ4n) is 13.0. The summed E-state index contributed by atoms with van der Waals surface area (Å²) in [5.41, 5.74) is 22.6. The van der Waals surface area contributed by atoms with Crippen molar-refractivity contribution in [3.8, 4) is 11.3 Å². The van der Waals surface area contributed by atoms with Crippen molar-refractivity contribution >= 4 is 33.5 Å². The molecule has 1 aromatic heterocycles. The van der Waals surface area contributed by atoms with E-state index in [2.05, 4.69) is 203 Å². The van der Waals surface area contributed by atoms with Gasteiger partial charge in [0.2, 0.25) is 0 Å².